The highest BCUT2D eigenvalue weighted by Gasteiger charge is 2.33. The molecule has 26 heavy (non-hydrogen) atoms. The summed E-state index contributed by atoms with van der Waals surface area (Å²) in [7, 11) is 0. The minimum absolute atomic E-state index is 0.0440. The third-order valence-corrected chi connectivity index (χ3v) is 7.04. The Labute approximate surface area is 160 Å². The number of thiazole rings is 1. The van der Waals surface area contributed by atoms with E-state index in [0.717, 1.165) is 58.9 Å². The fraction of sp³-hybridized carbons (Fsp3) is 0.421. The lowest BCUT2D eigenvalue weighted by Gasteiger charge is -2.25. The smallest absolute Gasteiger partial charge is 0.277 e. The SMILES string of the molecule is O=C1/C(=C\c2sc(N3CCCCC3)nc2-c2cccs2)N=C2CCCN12. The second-order valence-corrected chi connectivity index (χ2v) is 8.81. The summed E-state index contributed by atoms with van der Waals surface area (Å²) in [6.45, 7) is 2.94. The summed E-state index contributed by atoms with van der Waals surface area (Å²) in [5, 5.41) is 3.14. The molecule has 0 atom stereocenters. The molecule has 0 aliphatic carbocycles. The van der Waals surface area contributed by atoms with E-state index >= 15 is 0 Å². The first-order valence-corrected chi connectivity index (χ1v) is 10.9. The van der Waals surface area contributed by atoms with Gasteiger partial charge in [-0.3, -0.25) is 9.69 Å². The minimum Gasteiger partial charge on any atom is -0.348 e. The van der Waals surface area contributed by atoms with Gasteiger partial charge >= 0.3 is 0 Å². The Balaban J connectivity index is 1.55. The molecule has 5 heterocycles. The van der Waals surface area contributed by atoms with Crippen molar-refractivity contribution >= 4 is 45.6 Å². The molecule has 2 aromatic heterocycles. The number of amidine groups is 1. The molecular weight excluding hydrogens is 364 g/mol. The molecule has 7 heteroatoms. The van der Waals surface area contributed by atoms with Crippen molar-refractivity contribution in [3.63, 3.8) is 0 Å². The summed E-state index contributed by atoms with van der Waals surface area (Å²) in [5.41, 5.74) is 1.55. The van der Waals surface area contributed by atoms with Crippen molar-refractivity contribution in [3.8, 4) is 10.6 Å². The summed E-state index contributed by atoms with van der Waals surface area (Å²) in [6.07, 6.45) is 7.64. The van der Waals surface area contributed by atoms with E-state index in [2.05, 4.69) is 21.3 Å². The zero-order valence-corrected chi connectivity index (χ0v) is 16.1. The van der Waals surface area contributed by atoms with Crippen molar-refractivity contribution in [2.75, 3.05) is 24.5 Å². The highest BCUT2D eigenvalue weighted by Crippen LogP contribution is 2.38. The van der Waals surface area contributed by atoms with Crippen molar-refractivity contribution in [3.05, 3.63) is 28.1 Å². The molecule has 0 bridgehead atoms. The van der Waals surface area contributed by atoms with Crippen LogP contribution < -0.4 is 4.90 Å². The first-order chi connectivity index (χ1) is 12.8. The summed E-state index contributed by atoms with van der Waals surface area (Å²) in [4.78, 5) is 28.6. The molecule has 0 radical (unpaired) electrons. The molecule has 3 aliphatic heterocycles. The van der Waals surface area contributed by atoms with E-state index < -0.39 is 0 Å². The molecule has 0 spiro atoms. The Hall–Kier alpha value is -1.99. The molecule has 134 valence electrons. The number of rotatable bonds is 3. The van der Waals surface area contributed by atoms with Crippen LogP contribution in [0.1, 0.15) is 37.0 Å². The first kappa shape index (κ1) is 16.2. The number of fused-ring (bicyclic) bond motifs is 1. The largest absolute Gasteiger partial charge is 0.348 e. The Morgan fingerprint density at radius 2 is 2.00 bits per heavy atom. The molecule has 0 saturated carbocycles. The number of aliphatic imine (C=N–C) groups is 1. The third kappa shape index (κ3) is 2.79. The average molecular weight is 385 g/mol. The second kappa shape index (κ2) is 6.63. The van der Waals surface area contributed by atoms with Crippen LogP contribution >= 0.6 is 22.7 Å². The Morgan fingerprint density at radius 3 is 2.77 bits per heavy atom. The Morgan fingerprint density at radius 1 is 1.12 bits per heavy atom. The molecule has 2 fully saturated rings. The molecule has 1 amide bonds. The molecule has 0 unspecified atom stereocenters. The van der Waals surface area contributed by atoms with Crippen LogP contribution in [0.4, 0.5) is 5.13 Å². The van der Waals surface area contributed by atoms with Crippen molar-refractivity contribution < 1.29 is 4.79 Å². The van der Waals surface area contributed by atoms with Gasteiger partial charge in [-0.25, -0.2) is 9.98 Å². The Kier molecular flexibility index (Phi) is 4.13. The predicted octanol–water partition coefficient (Wildman–Crippen LogP) is 4.24. The topological polar surface area (TPSA) is 48.8 Å². The lowest BCUT2D eigenvalue weighted by atomic mass is 10.1. The van der Waals surface area contributed by atoms with Crippen molar-refractivity contribution in [2.24, 2.45) is 4.99 Å². The monoisotopic (exact) mass is 384 g/mol. The third-order valence-electron chi connectivity index (χ3n) is 5.10. The summed E-state index contributed by atoms with van der Waals surface area (Å²) in [6, 6.07) is 4.15. The fourth-order valence-electron chi connectivity index (χ4n) is 3.77. The summed E-state index contributed by atoms with van der Waals surface area (Å²) >= 11 is 3.38. The van der Waals surface area contributed by atoms with Crippen molar-refractivity contribution in [2.45, 2.75) is 32.1 Å². The first-order valence-electron chi connectivity index (χ1n) is 9.20. The quantitative estimate of drug-likeness (QED) is 0.744. The number of carbonyl (C=O) groups excluding carboxylic acids is 1. The molecule has 0 aromatic carbocycles. The van der Waals surface area contributed by atoms with Crippen LogP contribution in [0, 0.1) is 0 Å². The second-order valence-electron chi connectivity index (χ2n) is 6.85. The number of thiophene rings is 1. The van der Waals surface area contributed by atoms with Gasteiger partial charge in [0.1, 0.15) is 17.2 Å². The molecule has 5 rings (SSSR count). The van der Waals surface area contributed by atoms with E-state index in [0.29, 0.717) is 5.70 Å². The van der Waals surface area contributed by atoms with Gasteiger partial charge in [0.2, 0.25) is 0 Å². The zero-order chi connectivity index (χ0) is 17.5. The van der Waals surface area contributed by atoms with Gasteiger partial charge in [-0.1, -0.05) is 17.4 Å². The van der Waals surface area contributed by atoms with E-state index in [9.17, 15) is 4.79 Å². The van der Waals surface area contributed by atoms with Gasteiger partial charge in [0.05, 0.1) is 9.75 Å². The van der Waals surface area contributed by atoms with Crippen LogP contribution in [0.25, 0.3) is 16.6 Å². The van der Waals surface area contributed by atoms with Crippen molar-refractivity contribution in [1.29, 1.82) is 0 Å². The Bertz CT molecular complexity index is 891. The van der Waals surface area contributed by atoms with Gasteiger partial charge in [0.25, 0.3) is 5.91 Å². The summed E-state index contributed by atoms with van der Waals surface area (Å²) in [5.74, 6) is 0.974. The van der Waals surface area contributed by atoms with Crippen molar-refractivity contribution in [1.82, 2.24) is 9.88 Å². The number of aromatic nitrogens is 1. The van der Waals surface area contributed by atoms with Crippen LogP contribution in [0.5, 0.6) is 0 Å². The maximum absolute atomic E-state index is 12.6. The van der Waals surface area contributed by atoms with E-state index in [4.69, 9.17) is 4.98 Å². The standard InChI is InChI=1S/C19H20N4OS2/c24-18-13(20-16-7-4-10-23(16)18)12-15-17(14-6-5-11-25-14)21-19(26-15)22-8-2-1-3-9-22/h5-6,11-12H,1-4,7-10H2/b13-12+. The van der Waals surface area contributed by atoms with E-state index in [1.54, 1.807) is 22.7 Å². The van der Waals surface area contributed by atoms with E-state index in [-0.39, 0.29) is 5.91 Å². The van der Waals surface area contributed by atoms with Gasteiger partial charge in [0.15, 0.2) is 5.13 Å². The van der Waals surface area contributed by atoms with Gasteiger partial charge in [-0.15, -0.1) is 11.3 Å². The van der Waals surface area contributed by atoms with E-state index in [1.807, 2.05) is 17.0 Å². The van der Waals surface area contributed by atoms with Crippen LogP contribution in [-0.4, -0.2) is 41.3 Å². The van der Waals surface area contributed by atoms with Crippen LogP contribution in [0.2, 0.25) is 0 Å². The zero-order valence-electron chi connectivity index (χ0n) is 14.5. The summed E-state index contributed by atoms with van der Waals surface area (Å²) < 4.78 is 0. The lowest BCUT2D eigenvalue weighted by Crippen LogP contribution is -2.29. The average Bonchev–Trinajstić information content (AvgIpc) is 3.43. The minimum atomic E-state index is 0.0440. The molecule has 2 aromatic rings. The number of piperidine rings is 1. The van der Waals surface area contributed by atoms with Gasteiger partial charge < -0.3 is 4.90 Å². The number of amides is 1. The molecule has 5 nitrogen and oxygen atoms in total. The highest BCUT2D eigenvalue weighted by atomic mass is 32.1. The van der Waals surface area contributed by atoms with Crippen LogP contribution in [-0.2, 0) is 4.79 Å². The van der Waals surface area contributed by atoms with Gasteiger partial charge in [-0.05, 0) is 43.2 Å². The fourth-order valence-corrected chi connectivity index (χ4v) is 5.63. The number of hydrogen-bond donors (Lipinski definition) is 0. The molecule has 2 saturated heterocycles. The van der Waals surface area contributed by atoms with Gasteiger partial charge in [-0.2, -0.15) is 0 Å². The molecular formula is C19H20N4OS2. The lowest BCUT2D eigenvalue weighted by molar-refractivity contribution is -0.122. The number of carbonyl (C=O) groups is 1. The highest BCUT2D eigenvalue weighted by molar-refractivity contribution is 7.18. The van der Waals surface area contributed by atoms with Crippen LogP contribution in [0.15, 0.2) is 28.2 Å². The van der Waals surface area contributed by atoms with E-state index in [1.165, 1.54) is 19.3 Å². The maximum atomic E-state index is 12.6. The normalized spacial score (nSPS) is 21.6. The number of nitrogens with zero attached hydrogens (tertiary/aromatic N) is 4. The maximum Gasteiger partial charge on any atom is 0.277 e. The predicted molar refractivity (Wildman–Crippen MR) is 108 cm³/mol. The number of anilines is 1. The number of hydrogen-bond acceptors (Lipinski definition) is 6. The van der Waals surface area contributed by atoms with Gasteiger partial charge in [0, 0.05) is 26.1 Å². The van der Waals surface area contributed by atoms with Crippen LogP contribution in [0.3, 0.4) is 0 Å². The molecule has 0 N–H and O–H groups in total. The molecule has 3 aliphatic rings.